The molecule has 32 heavy (non-hydrogen) atoms. The first-order valence-electron chi connectivity index (χ1n) is 9.76. The van der Waals surface area contributed by atoms with Gasteiger partial charge in [-0.15, -0.1) is 10.2 Å². The zero-order valence-corrected chi connectivity index (χ0v) is 18.2. The molecule has 11 heteroatoms. The minimum Gasteiger partial charge on any atom is -0.368 e. The van der Waals surface area contributed by atoms with Crippen LogP contribution in [-0.4, -0.2) is 35.6 Å². The molecule has 0 bridgehead atoms. The van der Waals surface area contributed by atoms with Crippen LogP contribution in [0.5, 0.6) is 0 Å². The molecule has 0 spiro atoms. The maximum Gasteiger partial charge on any atom is 0.232 e. The molecule has 0 aliphatic carbocycles. The van der Waals surface area contributed by atoms with E-state index < -0.39 is 0 Å². The third kappa shape index (κ3) is 5.19. The van der Waals surface area contributed by atoms with Crippen molar-refractivity contribution in [3.05, 3.63) is 66.7 Å². The van der Waals surface area contributed by atoms with Gasteiger partial charge in [0.1, 0.15) is 12.2 Å². The van der Waals surface area contributed by atoms with Crippen LogP contribution in [0, 0.1) is 0 Å². The quantitative estimate of drug-likeness (QED) is 0.363. The van der Waals surface area contributed by atoms with Crippen LogP contribution in [0.3, 0.4) is 0 Å². The summed E-state index contributed by atoms with van der Waals surface area (Å²) in [6, 6.07) is 17.0. The number of para-hydroxylation sites is 1. The number of carbonyl (C=O) groups excluding carboxylic acids is 1. The second kappa shape index (κ2) is 9.43. The standard InChI is InChI=1S/C21H21N9OS/c1-13(18-26-19(22)28-20(27-18)25-15-7-4-3-5-8-15)32-21-29-23-12-30(21)17-10-6-9-16(11-17)24-14(2)31/h3-13H,1-2H3,(H,24,31)(H3,22,25,26,27,28). The summed E-state index contributed by atoms with van der Waals surface area (Å²) in [6.07, 6.45) is 1.62. The molecule has 4 rings (SSSR count). The van der Waals surface area contributed by atoms with Gasteiger partial charge in [-0.25, -0.2) is 0 Å². The van der Waals surface area contributed by atoms with Crippen molar-refractivity contribution in [2.75, 3.05) is 16.4 Å². The van der Waals surface area contributed by atoms with E-state index in [1.807, 2.05) is 66.1 Å². The Kier molecular flexibility index (Phi) is 6.26. The first kappa shape index (κ1) is 21.2. The Morgan fingerprint density at radius 1 is 1.06 bits per heavy atom. The number of nitrogen functional groups attached to an aromatic ring is 1. The molecular weight excluding hydrogens is 426 g/mol. The molecular formula is C21H21N9OS. The van der Waals surface area contributed by atoms with Crippen LogP contribution in [0.2, 0.25) is 0 Å². The van der Waals surface area contributed by atoms with Gasteiger partial charge >= 0.3 is 0 Å². The molecule has 1 atom stereocenters. The van der Waals surface area contributed by atoms with Gasteiger partial charge in [-0.3, -0.25) is 9.36 Å². The lowest BCUT2D eigenvalue weighted by Gasteiger charge is -2.13. The Hall–Kier alpha value is -3.99. The first-order chi connectivity index (χ1) is 15.5. The van der Waals surface area contributed by atoms with Crippen LogP contribution < -0.4 is 16.4 Å². The molecule has 0 aliphatic heterocycles. The molecule has 2 aromatic carbocycles. The average Bonchev–Trinajstić information content (AvgIpc) is 3.22. The lowest BCUT2D eigenvalue weighted by molar-refractivity contribution is -0.114. The van der Waals surface area contributed by atoms with E-state index in [9.17, 15) is 4.79 Å². The second-order valence-electron chi connectivity index (χ2n) is 6.84. The van der Waals surface area contributed by atoms with E-state index in [1.165, 1.54) is 18.7 Å². The molecule has 10 nitrogen and oxygen atoms in total. The zero-order valence-electron chi connectivity index (χ0n) is 17.4. The highest BCUT2D eigenvalue weighted by Gasteiger charge is 2.18. The maximum absolute atomic E-state index is 11.4. The highest BCUT2D eigenvalue weighted by Crippen LogP contribution is 2.33. The van der Waals surface area contributed by atoms with Crippen molar-refractivity contribution in [2.24, 2.45) is 0 Å². The van der Waals surface area contributed by atoms with Crippen LogP contribution in [0.25, 0.3) is 5.69 Å². The molecule has 2 aromatic heterocycles. The molecule has 0 fully saturated rings. The molecule has 0 saturated heterocycles. The second-order valence-corrected chi connectivity index (χ2v) is 8.15. The summed E-state index contributed by atoms with van der Waals surface area (Å²) in [7, 11) is 0. The lowest BCUT2D eigenvalue weighted by atomic mass is 10.2. The van der Waals surface area contributed by atoms with Gasteiger partial charge < -0.3 is 16.4 Å². The number of amides is 1. The smallest absolute Gasteiger partial charge is 0.232 e. The monoisotopic (exact) mass is 447 g/mol. The van der Waals surface area contributed by atoms with Crippen molar-refractivity contribution in [1.82, 2.24) is 29.7 Å². The molecule has 2 heterocycles. The van der Waals surface area contributed by atoms with E-state index >= 15 is 0 Å². The number of aromatic nitrogens is 6. The van der Waals surface area contributed by atoms with Crippen LogP contribution >= 0.6 is 11.8 Å². The number of nitrogens with two attached hydrogens (primary N) is 1. The number of benzene rings is 2. The van der Waals surface area contributed by atoms with E-state index in [0.29, 0.717) is 22.6 Å². The molecule has 0 saturated carbocycles. The summed E-state index contributed by atoms with van der Waals surface area (Å²) in [5, 5.41) is 14.7. The van der Waals surface area contributed by atoms with Crippen molar-refractivity contribution in [3.63, 3.8) is 0 Å². The van der Waals surface area contributed by atoms with Gasteiger partial charge in [-0.05, 0) is 37.3 Å². The largest absolute Gasteiger partial charge is 0.368 e. The van der Waals surface area contributed by atoms with E-state index in [2.05, 4.69) is 35.8 Å². The number of carbonyl (C=O) groups is 1. The minimum atomic E-state index is -0.182. The summed E-state index contributed by atoms with van der Waals surface area (Å²) in [5.74, 6) is 0.880. The number of nitrogens with one attached hydrogen (secondary N) is 2. The van der Waals surface area contributed by atoms with Crippen molar-refractivity contribution < 1.29 is 4.79 Å². The maximum atomic E-state index is 11.4. The van der Waals surface area contributed by atoms with Gasteiger partial charge in [-0.2, -0.15) is 15.0 Å². The van der Waals surface area contributed by atoms with E-state index in [0.717, 1.165) is 11.4 Å². The molecule has 0 aliphatic rings. The van der Waals surface area contributed by atoms with Crippen molar-refractivity contribution >= 4 is 40.9 Å². The predicted molar refractivity (Wildman–Crippen MR) is 124 cm³/mol. The van der Waals surface area contributed by atoms with Gasteiger partial charge in [0.15, 0.2) is 5.16 Å². The predicted octanol–water partition coefficient (Wildman–Crippen LogP) is 3.59. The van der Waals surface area contributed by atoms with Gasteiger partial charge in [0, 0.05) is 18.3 Å². The normalized spacial score (nSPS) is 11.7. The number of thioether (sulfide) groups is 1. The lowest BCUT2D eigenvalue weighted by Crippen LogP contribution is -2.09. The van der Waals surface area contributed by atoms with Gasteiger partial charge in [-0.1, -0.05) is 36.0 Å². The van der Waals surface area contributed by atoms with E-state index in [-0.39, 0.29) is 17.1 Å². The third-order valence-corrected chi connectivity index (χ3v) is 5.36. The molecule has 1 unspecified atom stereocenters. The van der Waals surface area contributed by atoms with Crippen LogP contribution in [0.15, 0.2) is 66.1 Å². The fourth-order valence-electron chi connectivity index (χ4n) is 2.93. The van der Waals surface area contributed by atoms with Crippen molar-refractivity contribution in [2.45, 2.75) is 24.3 Å². The Bertz CT molecular complexity index is 1230. The number of nitrogens with zero attached hydrogens (tertiary/aromatic N) is 6. The van der Waals surface area contributed by atoms with Gasteiger partial charge in [0.05, 0.1) is 10.9 Å². The summed E-state index contributed by atoms with van der Waals surface area (Å²) >= 11 is 1.43. The van der Waals surface area contributed by atoms with Crippen LogP contribution in [0.4, 0.5) is 23.3 Å². The third-order valence-electron chi connectivity index (χ3n) is 4.31. The highest BCUT2D eigenvalue weighted by molar-refractivity contribution is 7.99. The Morgan fingerprint density at radius 2 is 1.84 bits per heavy atom. The molecule has 4 aromatic rings. The SMILES string of the molecule is CC(=O)Nc1cccc(-n2cnnc2SC(C)c2nc(N)nc(Nc3ccccc3)n2)c1. The van der Waals surface area contributed by atoms with Crippen molar-refractivity contribution in [3.8, 4) is 5.69 Å². The fourth-order valence-corrected chi connectivity index (χ4v) is 3.81. The zero-order chi connectivity index (χ0) is 22.5. The molecule has 0 radical (unpaired) electrons. The van der Waals surface area contributed by atoms with Crippen molar-refractivity contribution in [1.29, 1.82) is 0 Å². The Labute approximate surface area is 188 Å². The van der Waals surface area contributed by atoms with E-state index in [1.54, 1.807) is 6.33 Å². The van der Waals surface area contributed by atoms with Crippen LogP contribution in [0.1, 0.15) is 24.9 Å². The van der Waals surface area contributed by atoms with Gasteiger partial charge in [0.2, 0.25) is 17.8 Å². The van der Waals surface area contributed by atoms with E-state index in [4.69, 9.17) is 5.73 Å². The average molecular weight is 448 g/mol. The highest BCUT2D eigenvalue weighted by atomic mass is 32.2. The number of rotatable bonds is 7. The Morgan fingerprint density at radius 3 is 2.62 bits per heavy atom. The molecule has 162 valence electrons. The Balaban J connectivity index is 1.55. The first-order valence-corrected chi connectivity index (χ1v) is 10.6. The molecule has 4 N–H and O–H groups in total. The van der Waals surface area contributed by atoms with Gasteiger partial charge in [0.25, 0.3) is 0 Å². The number of hydrogen-bond donors (Lipinski definition) is 3. The summed E-state index contributed by atoms with van der Waals surface area (Å²) in [6.45, 7) is 3.42. The molecule has 1 amide bonds. The summed E-state index contributed by atoms with van der Waals surface area (Å²) < 4.78 is 1.83. The van der Waals surface area contributed by atoms with Crippen LogP contribution in [-0.2, 0) is 4.79 Å². The topological polar surface area (TPSA) is 137 Å². The minimum absolute atomic E-state index is 0.130. The number of hydrogen-bond acceptors (Lipinski definition) is 9. The fraction of sp³-hybridized carbons (Fsp3) is 0.143. The number of anilines is 4. The summed E-state index contributed by atoms with van der Waals surface area (Å²) in [4.78, 5) is 24.4. The summed E-state index contributed by atoms with van der Waals surface area (Å²) in [5.41, 5.74) is 8.28.